The number of carbonyl (C=O) groups excluding carboxylic acids is 2. The fraction of sp³-hybridized carbons (Fsp3) is 0.875. The second kappa shape index (κ2) is 6.96. The lowest BCUT2D eigenvalue weighted by Gasteiger charge is -2.38. The Bertz CT molecular complexity index is 410. The average molecular weight is 310 g/mol. The van der Waals surface area contributed by atoms with Crippen LogP contribution in [0.5, 0.6) is 0 Å². The van der Waals surface area contributed by atoms with Gasteiger partial charge in [0.2, 0.25) is 11.8 Å². The Kier molecular flexibility index (Phi) is 4.98. The van der Waals surface area contributed by atoms with Gasteiger partial charge in [0.05, 0.1) is 19.8 Å². The third-order valence-electron chi connectivity index (χ3n) is 4.94. The molecule has 3 fully saturated rings. The predicted molar refractivity (Wildman–Crippen MR) is 80.1 cm³/mol. The normalized spacial score (nSPS) is 26.1. The Morgan fingerprint density at radius 2 is 1.68 bits per heavy atom. The van der Waals surface area contributed by atoms with Gasteiger partial charge in [-0.25, -0.2) is 0 Å². The van der Waals surface area contributed by atoms with Crippen LogP contribution in [0.3, 0.4) is 0 Å². The first-order valence-electron chi connectivity index (χ1n) is 8.52. The molecule has 0 aliphatic carbocycles. The van der Waals surface area contributed by atoms with Crippen LogP contribution in [-0.2, 0) is 19.1 Å². The standard InChI is InChI=1S/C16H26N2O4/c19-14-5-3-1-2-4-8-18(14)13-15(20)17-9-6-16(7-10-17)21-11-12-22-16/h1-13H2. The zero-order chi connectivity index (χ0) is 15.4. The van der Waals surface area contributed by atoms with E-state index in [1.165, 1.54) is 0 Å². The highest BCUT2D eigenvalue weighted by molar-refractivity contribution is 5.85. The Morgan fingerprint density at radius 3 is 2.41 bits per heavy atom. The topological polar surface area (TPSA) is 59.1 Å². The Morgan fingerprint density at radius 1 is 1.00 bits per heavy atom. The molecule has 2 amide bonds. The maximum atomic E-state index is 12.5. The van der Waals surface area contributed by atoms with E-state index in [-0.39, 0.29) is 18.4 Å². The van der Waals surface area contributed by atoms with Crippen LogP contribution in [0.1, 0.15) is 44.9 Å². The highest BCUT2D eigenvalue weighted by atomic mass is 16.7. The summed E-state index contributed by atoms with van der Waals surface area (Å²) in [5.41, 5.74) is 0. The molecule has 3 rings (SSSR count). The second-order valence-electron chi connectivity index (χ2n) is 6.47. The molecule has 0 aromatic rings. The predicted octanol–water partition coefficient (Wildman–Crippen LogP) is 1.14. The molecule has 0 saturated carbocycles. The first kappa shape index (κ1) is 15.7. The summed E-state index contributed by atoms with van der Waals surface area (Å²) in [7, 11) is 0. The number of rotatable bonds is 2. The van der Waals surface area contributed by atoms with Gasteiger partial charge >= 0.3 is 0 Å². The molecule has 0 N–H and O–H groups in total. The van der Waals surface area contributed by atoms with E-state index < -0.39 is 5.79 Å². The van der Waals surface area contributed by atoms with E-state index in [0.29, 0.717) is 39.3 Å². The first-order valence-corrected chi connectivity index (χ1v) is 8.52. The van der Waals surface area contributed by atoms with E-state index in [1.807, 2.05) is 4.90 Å². The van der Waals surface area contributed by atoms with E-state index in [4.69, 9.17) is 9.47 Å². The number of ether oxygens (including phenoxy) is 2. The van der Waals surface area contributed by atoms with E-state index in [2.05, 4.69) is 0 Å². The maximum absolute atomic E-state index is 12.5. The number of amides is 2. The van der Waals surface area contributed by atoms with E-state index >= 15 is 0 Å². The third kappa shape index (κ3) is 3.60. The molecule has 6 nitrogen and oxygen atoms in total. The SMILES string of the molecule is O=C(CN1CCCCCCC1=O)N1CCC2(CC1)OCCO2. The highest BCUT2D eigenvalue weighted by Crippen LogP contribution is 2.31. The van der Waals surface area contributed by atoms with Gasteiger partial charge in [-0.3, -0.25) is 9.59 Å². The minimum atomic E-state index is -0.451. The molecule has 0 unspecified atom stereocenters. The molecule has 22 heavy (non-hydrogen) atoms. The van der Waals surface area contributed by atoms with Gasteiger partial charge < -0.3 is 19.3 Å². The van der Waals surface area contributed by atoms with E-state index in [9.17, 15) is 9.59 Å². The fourth-order valence-electron chi connectivity index (χ4n) is 3.53. The summed E-state index contributed by atoms with van der Waals surface area (Å²) in [6.45, 7) is 3.55. The van der Waals surface area contributed by atoms with Gasteiger partial charge in [0.1, 0.15) is 0 Å². The van der Waals surface area contributed by atoms with Crippen molar-refractivity contribution in [2.24, 2.45) is 0 Å². The number of carbonyl (C=O) groups is 2. The first-order chi connectivity index (χ1) is 10.7. The Labute approximate surface area is 131 Å². The van der Waals surface area contributed by atoms with Crippen molar-refractivity contribution in [3.8, 4) is 0 Å². The molecular formula is C16H26N2O4. The molecule has 0 atom stereocenters. The minimum Gasteiger partial charge on any atom is -0.347 e. The summed E-state index contributed by atoms with van der Waals surface area (Å²) >= 11 is 0. The van der Waals surface area contributed by atoms with Crippen LogP contribution in [0.4, 0.5) is 0 Å². The van der Waals surface area contributed by atoms with Crippen molar-refractivity contribution >= 4 is 11.8 Å². The van der Waals surface area contributed by atoms with Gasteiger partial charge in [0.25, 0.3) is 0 Å². The summed E-state index contributed by atoms with van der Waals surface area (Å²) in [4.78, 5) is 28.2. The van der Waals surface area contributed by atoms with Crippen LogP contribution < -0.4 is 0 Å². The lowest BCUT2D eigenvalue weighted by molar-refractivity contribution is -0.187. The lowest BCUT2D eigenvalue weighted by atomic mass is 10.0. The molecule has 3 saturated heterocycles. The van der Waals surface area contributed by atoms with Crippen LogP contribution in [0.25, 0.3) is 0 Å². The van der Waals surface area contributed by atoms with Crippen LogP contribution >= 0.6 is 0 Å². The van der Waals surface area contributed by atoms with Crippen LogP contribution in [0.15, 0.2) is 0 Å². The molecule has 0 radical (unpaired) electrons. The van der Waals surface area contributed by atoms with Crippen molar-refractivity contribution in [1.29, 1.82) is 0 Å². The fourth-order valence-corrected chi connectivity index (χ4v) is 3.53. The molecule has 3 aliphatic rings. The summed E-state index contributed by atoms with van der Waals surface area (Å²) in [5.74, 6) is -0.265. The van der Waals surface area contributed by atoms with Crippen LogP contribution in [0.2, 0.25) is 0 Å². The highest BCUT2D eigenvalue weighted by Gasteiger charge is 2.40. The number of likely N-dealkylation sites (tertiary alicyclic amines) is 2. The zero-order valence-electron chi connectivity index (χ0n) is 13.2. The Balaban J connectivity index is 1.50. The molecule has 3 aliphatic heterocycles. The average Bonchev–Trinajstić information content (AvgIpc) is 2.96. The van der Waals surface area contributed by atoms with Gasteiger partial charge in [-0.05, 0) is 12.8 Å². The Hall–Kier alpha value is -1.14. The third-order valence-corrected chi connectivity index (χ3v) is 4.94. The van der Waals surface area contributed by atoms with Crippen LogP contribution in [-0.4, -0.2) is 66.8 Å². The summed E-state index contributed by atoms with van der Waals surface area (Å²) in [6, 6.07) is 0. The number of hydrogen-bond acceptors (Lipinski definition) is 4. The largest absolute Gasteiger partial charge is 0.347 e. The number of nitrogens with zero attached hydrogens (tertiary/aromatic N) is 2. The van der Waals surface area contributed by atoms with Crippen molar-refractivity contribution in [3.05, 3.63) is 0 Å². The zero-order valence-corrected chi connectivity index (χ0v) is 13.2. The second-order valence-corrected chi connectivity index (χ2v) is 6.47. The van der Waals surface area contributed by atoms with Gasteiger partial charge in [0, 0.05) is 38.9 Å². The van der Waals surface area contributed by atoms with Gasteiger partial charge in [-0.15, -0.1) is 0 Å². The molecule has 0 bridgehead atoms. The molecule has 124 valence electrons. The molecule has 3 heterocycles. The molecule has 0 aromatic heterocycles. The van der Waals surface area contributed by atoms with Gasteiger partial charge in [-0.2, -0.15) is 0 Å². The van der Waals surface area contributed by atoms with Crippen molar-refractivity contribution < 1.29 is 19.1 Å². The molecular weight excluding hydrogens is 284 g/mol. The van der Waals surface area contributed by atoms with Crippen LogP contribution in [0, 0.1) is 0 Å². The molecule has 0 aromatic carbocycles. The molecule has 1 spiro atoms. The number of piperidine rings is 1. The summed E-state index contributed by atoms with van der Waals surface area (Å²) in [5, 5.41) is 0. The van der Waals surface area contributed by atoms with Gasteiger partial charge in [0.15, 0.2) is 5.79 Å². The quantitative estimate of drug-likeness (QED) is 0.767. The van der Waals surface area contributed by atoms with E-state index in [0.717, 1.165) is 38.5 Å². The minimum absolute atomic E-state index is 0.0572. The smallest absolute Gasteiger partial charge is 0.242 e. The lowest BCUT2D eigenvalue weighted by Crippen LogP contribution is -2.50. The molecule has 6 heteroatoms. The summed E-state index contributed by atoms with van der Waals surface area (Å²) < 4.78 is 11.4. The maximum Gasteiger partial charge on any atom is 0.242 e. The van der Waals surface area contributed by atoms with E-state index in [1.54, 1.807) is 4.90 Å². The summed E-state index contributed by atoms with van der Waals surface area (Å²) in [6.07, 6.45) is 6.27. The van der Waals surface area contributed by atoms with Crippen molar-refractivity contribution in [2.45, 2.75) is 50.7 Å². The van der Waals surface area contributed by atoms with Crippen molar-refractivity contribution in [2.75, 3.05) is 39.4 Å². The number of hydrogen-bond donors (Lipinski definition) is 0. The monoisotopic (exact) mass is 310 g/mol. The van der Waals surface area contributed by atoms with Crippen molar-refractivity contribution in [1.82, 2.24) is 9.80 Å². The van der Waals surface area contributed by atoms with Crippen molar-refractivity contribution in [3.63, 3.8) is 0 Å². The van der Waals surface area contributed by atoms with Gasteiger partial charge in [-0.1, -0.05) is 12.8 Å².